The van der Waals surface area contributed by atoms with Gasteiger partial charge in [-0.3, -0.25) is 0 Å². The van der Waals surface area contributed by atoms with Crippen LogP contribution in [-0.2, 0) is 6.42 Å². The van der Waals surface area contributed by atoms with E-state index < -0.39 is 0 Å². The summed E-state index contributed by atoms with van der Waals surface area (Å²) in [6.07, 6.45) is 5.10. The van der Waals surface area contributed by atoms with Crippen LogP contribution in [0.5, 0.6) is 5.75 Å². The van der Waals surface area contributed by atoms with Crippen LogP contribution >= 0.6 is 0 Å². The van der Waals surface area contributed by atoms with E-state index in [1.807, 2.05) is 6.07 Å². The van der Waals surface area contributed by atoms with Crippen LogP contribution in [0.3, 0.4) is 0 Å². The van der Waals surface area contributed by atoms with Gasteiger partial charge < -0.3 is 10.4 Å². The number of phenols is 1. The van der Waals surface area contributed by atoms with Crippen LogP contribution in [0, 0.1) is 5.92 Å². The lowest BCUT2D eigenvalue weighted by atomic mass is 10.1. The van der Waals surface area contributed by atoms with E-state index in [1.54, 1.807) is 6.07 Å². The van der Waals surface area contributed by atoms with Crippen LogP contribution in [0.25, 0.3) is 0 Å². The summed E-state index contributed by atoms with van der Waals surface area (Å²) in [5.41, 5.74) is 2.72. The Morgan fingerprint density at radius 2 is 2.13 bits per heavy atom. The summed E-state index contributed by atoms with van der Waals surface area (Å²) in [5.74, 6) is 1.34. The highest BCUT2D eigenvalue weighted by molar-refractivity contribution is 5.40. The third-order valence-electron chi connectivity index (χ3n) is 3.55. The molecule has 0 saturated heterocycles. The minimum Gasteiger partial charge on any atom is -0.508 e. The van der Waals surface area contributed by atoms with Gasteiger partial charge in [-0.05, 0) is 61.4 Å². The Hall–Kier alpha value is -1.02. The van der Waals surface area contributed by atoms with Gasteiger partial charge in [0.05, 0.1) is 0 Å². The molecule has 2 heteroatoms. The first-order valence-electron chi connectivity index (χ1n) is 5.88. The number of hydrogen-bond acceptors (Lipinski definition) is 2. The Balaban J connectivity index is 1.72. The average Bonchev–Trinajstić information content (AvgIpc) is 2.97. The van der Waals surface area contributed by atoms with Crippen LogP contribution in [0.1, 0.15) is 36.4 Å². The van der Waals surface area contributed by atoms with Gasteiger partial charge in [-0.1, -0.05) is 6.07 Å². The monoisotopic (exact) mass is 203 g/mol. The van der Waals surface area contributed by atoms with E-state index in [0.29, 0.717) is 11.8 Å². The van der Waals surface area contributed by atoms with Crippen molar-refractivity contribution in [3.63, 3.8) is 0 Å². The Labute approximate surface area is 90.3 Å². The van der Waals surface area contributed by atoms with Gasteiger partial charge in [0, 0.05) is 6.04 Å². The first-order valence-corrected chi connectivity index (χ1v) is 5.88. The molecule has 80 valence electrons. The normalized spacial score (nSPS) is 24.1. The van der Waals surface area contributed by atoms with E-state index in [9.17, 15) is 5.11 Å². The average molecular weight is 203 g/mol. The smallest absolute Gasteiger partial charge is 0.115 e. The van der Waals surface area contributed by atoms with Crippen molar-refractivity contribution in [1.82, 2.24) is 5.32 Å². The molecular formula is C13H17NO. The summed E-state index contributed by atoms with van der Waals surface area (Å²) < 4.78 is 0. The van der Waals surface area contributed by atoms with Gasteiger partial charge in [-0.25, -0.2) is 0 Å². The van der Waals surface area contributed by atoms with Crippen molar-refractivity contribution in [2.24, 2.45) is 5.92 Å². The fourth-order valence-corrected chi connectivity index (χ4v) is 2.45. The molecule has 1 aromatic carbocycles. The molecule has 2 aliphatic rings. The summed E-state index contributed by atoms with van der Waals surface area (Å²) in [7, 11) is 0. The molecule has 2 nitrogen and oxygen atoms in total. The number of fused-ring (bicyclic) bond motifs is 1. The standard InChI is InChI=1S/C13H17NO/c15-11-4-5-12-10(7-11)3-6-13(12)14-8-9-1-2-9/h4-5,7,9,13-15H,1-3,6,8H2. The number of hydrogen-bond donors (Lipinski definition) is 2. The molecule has 1 unspecified atom stereocenters. The molecule has 0 radical (unpaired) electrons. The first-order chi connectivity index (χ1) is 7.33. The maximum absolute atomic E-state index is 9.39. The second-order valence-corrected chi connectivity index (χ2v) is 4.83. The van der Waals surface area contributed by atoms with Crippen LogP contribution in [0.4, 0.5) is 0 Å². The third-order valence-corrected chi connectivity index (χ3v) is 3.55. The van der Waals surface area contributed by atoms with Crippen LogP contribution < -0.4 is 5.32 Å². The highest BCUT2D eigenvalue weighted by Gasteiger charge is 2.26. The number of rotatable bonds is 3. The number of benzene rings is 1. The van der Waals surface area contributed by atoms with Crippen molar-refractivity contribution in [3.8, 4) is 5.75 Å². The van der Waals surface area contributed by atoms with Crippen LogP contribution in [-0.4, -0.2) is 11.7 Å². The van der Waals surface area contributed by atoms with E-state index in [0.717, 1.165) is 12.3 Å². The maximum Gasteiger partial charge on any atom is 0.115 e. The van der Waals surface area contributed by atoms with Gasteiger partial charge in [-0.15, -0.1) is 0 Å². The molecule has 2 aliphatic carbocycles. The van der Waals surface area contributed by atoms with Crippen molar-refractivity contribution < 1.29 is 5.11 Å². The summed E-state index contributed by atoms with van der Waals surface area (Å²) >= 11 is 0. The summed E-state index contributed by atoms with van der Waals surface area (Å²) in [6.45, 7) is 1.17. The number of aromatic hydroxyl groups is 1. The zero-order valence-electron chi connectivity index (χ0n) is 8.87. The lowest BCUT2D eigenvalue weighted by Gasteiger charge is -2.13. The molecule has 1 atom stereocenters. The maximum atomic E-state index is 9.39. The molecule has 0 bridgehead atoms. The van der Waals surface area contributed by atoms with Gasteiger partial charge in [0.15, 0.2) is 0 Å². The predicted octanol–water partition coefficient (Wildman–Crippen LogP) is 2.38. The molecule has 3 rings (SSSR count). The molecule has 0 aliphatic heterocycles. The number of nitrogens with one attached hydrogen (secondary N) is 1. The highest BCUT2D eigenvalue weighted by atomic mass is 16.3. The molecule has 0 aromatic heterocycles. The summed E-state index contributed by atoms with van der Waals surface area (Å²) in [4.78, 5) is 0. The largest absolute Gasteiger partial charge is 0.508 e. The van der Waals surface area contributed by atoms with Crippen molar-refractivity contribution in [2.45, 2.75) is 31.7 Å². The van der Waals surface area contributed by atoms with Gasteiger partial charge >= 0.3 is 0 Å². The Morgan fingerprint density at radius 3 is 2.93 bits per heavy atom. The molecule has 0 spiro atoms. The van der Waals surface area contributed by atoms with Crippen molar-refractivity contribution in [2.75, 3.05) is 6.54 Å². The topological polar surface area (TPSA) is 32.3 Å². The molecule has 1 saturated carbocycles. The molecule has 2 N–H and O–H groups in total. The van der Waals surface area contributed by atoms with E-state index >= 15 is 0 Å². The second kappa shape index (κ2) is 3.53. The highest BCUT2D eigenvalue weighted by Crippen LogP contribution is 2.35. The second-order valence-electron chi connectivity index (χ2n) is 4.83. The quantitative estimate of drug-likeness (QED) is 0.790. The van der Waals surface area contributed by atoms with Crippen molar-refractivity contribution in [1.29, 1.82) is 0 Å². The SMILES string of the molecule is Oc1ccc2c(c1)CCC2NCC1CC1. The minimum absolute atomic E-state index is 0.400. The zero-order valence-corrected chi connectivity index (χ0v) is 8.87. The minimum atomic E-state index is 0.400. The molecule has 1 aromatic rings. The van der Waals surface area contributed by atoms with Crippen molar-refractivity contribution in [3.05, 3.63) is 29.3 Å². The Bertz CT molecular complexity index is 371. The van der Waals surface area contributed by atoms with E-state index in [4.69, 9.17) is 0 Å². The predicted molar refractivity (Wildman–Crippen MR) is 59.9 cm³/mol. The Kier molecular flexibility index (Phi) is 2.17. The molecule has 0 heterocycles. The summed E-state index contributed by atoms with van der Waals surface area (Å²) in [6, 6.07) is 6.31. The summed E-state index contributed by atoms with van der Waals surface area (Å²) in [5, 5.41) is 13.0. The Morgan fingerprint density at radius 1 is 1.27 bits per heavy atom. The molecule has 15 heavy (non-hydrogen) atoms. The van der Waals surface area contributed by atoms with Crippen molar-refractivity contribution >= 4 is 0 Å². The van der Waals surface area contributed by atoms with Gasteiger partial charge in [0.25, 0.3) is 0 Å². The van der Waals surface area contributed by atoms with Gasteiger partial charge in [0.2, 0.25) is 0 Å². The molecular weight excluding hydrogens is 186 g/mol. The van der Waals surface area contributed by atoms with Gasteiger partial charge in [-0.2, -0.15) is 0 Å². The lowest BCUT2D eigenvalue weighted by molar-refractivity contribution is 0.474. The lowest BCUT2D eigenvalue weighted by Crippen LogP contribution is -2.21. The van der Waals surface area contributed by atoms with E-state index in [2.05, 4.69) is 11.4 Å². The molecule has 1 fully saturated rings. The fourth-order valence-electron chi connectivity index (χ4n) is 2.45. The van der Waals surface area contributed by atoms with E-state index in [-0.39, 0.29) is 0 Å². The zero-order chi connectivity index (χ0) is 10.3. The van der Waals surface area contributed by atoms with Crippen LogP contribution in [0.2, 0.25) is 0 Å². The van der Waals surface area contributed by atoms with E-state index in [1.165, 1.54) is 36.9 Å². The van der Waals surface area contributed by atoms with Crippen LogP contribution in [0.15, 0.2) is 18.2 Å². The fraction of sp³-hybridized carbons (Fsp3) is 0.538. The van der Waals surface area contributed by atoms with Gasteiger partial charge in [0.1, 0.15) is 5.75 Å². The third kappa shape index (κ3) is 1.86. The number of aryl methyl sites for hydroxylation is 1. The first kappa shape index (κ1) is 9.22. The number of phenolic OH excluding ortho intramolecular Hbond substituents is 1. The molecule has 0 amide bonds.